The Hall–Kier alpha value is -3.10. The van der Waals surface area contributed by atoms with Crippen molar-refractivity contribution in [3.05, 3.63) is 78.3 Å². The van der Waals surface area contributed by atoms with Crippen molar-refractivity contribution >= 4 is 45.8 Å². The highest BCUT2D eigenvalue weighted by atomic mass is 32.2. The summed E-state index contributed by atoms with van der Waals surface area (Å²) in [5.41, 5.74) is 0.821. The van der Waals surface area contributed by atoms with E-state index in [4.69, 9.17) is 4.74 Å². The van der Waals surface area contributed by atoms with Crippen LogP contribution < -0.4 is 10.6 Å². The Morgan fingerprint density at radius 2 is 1.90 bits per heavy atom. The van der Waals surface area contributed by atoms with Gasteiger partial charge in [-0.3, -0.25) is 4.79 Å². The Labute approximate surface area is 177 Å². The van der Waals surface area contributed by atoms with Gasteiger partial charge in [0.1, 0.15) is 0 Å². The highest BCUT2D eigenvalue weighted by Gasteiger charge is 2.15. The van der Waals surface area contributed by atoms with E-state index in [0.717, 1.165) is 9.79 Å². The molecule has 29 heavy (non-hydrogen) atoms. The maximum atomic E-state index is 12.3. The van der Waals surface area contributed by atoms with Gasteiger partial charge in [0.15, 0.2) is 17.4 Å². The number of anilines is 2. The summed E-state index contributed by atoms with van der Waals surface area (Å²) in [6.45, 7) is 3.76. The molecule has 0 atom stereocenters. The summed E-state index contributed by atoms with van der Waals surface area (Å²) in [4.78, 5) is 30.4. The van der Waals surface area contributed by atoms with Crippen LogP contribution in [0, 0.1) is 0 Å². The molecule has 0 radical (unpaired) electrons. The van der Waals surface area contributed by atoms with E-state index < -0.39 is 18.5 Å². The number of aromatic nitrogens is 1. The number of nitrogens with zero attached hydrogens (tertiary/aromatic N) is 1. The molecule has 6 nitrogen and oxygen atoms in total. The third-order valence-corrected chi connectivity index (χ3v) is 5.46. The fourth-order valence-electron chi connectivity index (χ4n) is 2.27. The Kier molecular flexibility index (Phi) is 7.43. The second kappa shape index (κ2) is 10.4. The first-order valence-electron chi connectivity index (χ1n) is 8.75. The second-order valence-electron chi connectivity index (χ2n) is 5.74. The van der Waals surface area contributed by atoms with Gasteiger partial charge >= 0.3 is 5.97 Å². The predicted octanol–water partition coefficient (Wildman–Crippen LogP) is 4.69. The molecule has 1 heterocycles. The van der Waals surface area contributed by atoms with Crippen molar-refractivity contribution in [2.45, 2.75) is 9.79 Å². The molecule has 8 heteroatoms. The highest BCUT2D eigenvalue weighted by Crippen LogP contribution is 2.33. The van der Waals surface area contributed by atoms with Crippen molar-refractivity contribution in [3.63, 3.8) is 0 Å². The number of thiazole rings is 1. The van der Waals surface area contributed by atoms with Crippen LogP contribution in [0.3, 0.4) is 0 Å². The van der Waals surface area contributed by atoms with Crippen LogP contribution in [0.2, 0.25) is 0 Å². The summed E-state index contributed by atoms with van der Waals surface area (Å²) < 4.78 is 5.08. The Morgan fingerprint density at radius 3 is 2.69 bits per heavy atom. The van der Waals surface area contributed by atoms with Gasteiger partial charge in [-0.15, -0.1) is 17.9 Å². The highest BCUT2D eigenvalue weighted by molar-refractivity contribution is 7.99. The number of rotatable bonds is 9. The minimum absolute atomic E-state index is 0.161. The van der Waals surface area contributed by atoms with E-state index in [0.29, 0.717) is 17.4 Å². The summed E-state index contributed by atoms with van der Waals surface area (Å²) in [6.07, 6.45) is 1.69. The zero-order valence-corrected chi connectivity index (χ0v) is 17.1. The fourth-order valence-corrected chi connectivity index (χ4v) is 3.89. The van der Waals surface area contributed by atoms with Crippen molar-refractivity contribution in [2.24, 2.45) is 0 Å². The van der Waals surface area contributed by atoms with Gasteiger partial charge in [-0.1, -0.05) is 48.2 Å². The zero-order valence-electron chi connectivity index (χ0n) is 15.5. The molecular formula is C21H19N3O3S2. The molecule has 1 amide bonds. The third kappa shape index (κ3) is 6.20. The first-order valence-corrected chi connectivity index (χ1v) is 10.4. The first-order chi connectivity index (χ1) is 14.2. The van der Waals surface area contributed by atoms with Crippen LogP contribution in [0.1, 0.15) is 10.5 Å². The lowest BCUT2D eigenvalue weighted by molar-refractivity contribution is -0.119. The quantitative estimate of drug-likeness (QED) is 0.382. The van der Waals surface area contributed by atoms with Crippen molar-refractivity contribution in [1.29, 1.82) is 0 Å². The van der Waals surface area contributed by atoms with Crippen LogP contribution in [-0.2, 0) is 9.53 Å². The summed E-state index contributed by atoms with van der Waals surface area (Å²) in [5, 5.41) is 7.96. The number of benzene rings is 2. The van der Waals surface area contributed by atoms with Gasteiger partial charge < -0.3 is 15.4 Å². The number of para-hydroxylation sites is 1. The molecule has 148 valence electrons. The molecule has 1 aromatic heterocycles. The average molecular weight is 426 g/mol. The molecular weight excluding hydrogens is 406 g/mol. The monoisotopic (exact) mass is 425 g/mol. The molecule has 0 fully saturated rings. The van der Waals surface area contributed by atoms with Crippen LogP contribution in [0.15, 0.2) is 82.4 Å². The van der Waals surface area contributed by atoms with Gasteiger partial charge in [-0.2, -0.15) is 0 Å². The molecule has 2 N–H and O–H groups in total. The third-order valence-electron chi connectivity index (χ3n) is 3.58. The molecule has 0 saturated carbocycles. The van der Waals surface area contributed by atoms with E-state index >= 15 is 0 Å². The second-order valence-corrected chi connectivity index (χ2v) is 7.72. The SMILES string of the molecule is C=CCNc1nc(C(=O)OCC(=O)Nc2ccccc2Sc2ccccc2)cs1. The van der Waals surface area contributed by atoms with Crippen molar-refractivity contribution < 1.29 is 14.3 Å². The van der Waals surface area contributed by atoms with Crippen molar-refractivity contribution in [3.8, 4) is 0 Å². The van der Waals surface area contributed by atoms with Gasteiger partial charge in [-0.25, -0.2) is 9.78 Å². The van der Waals surface area contributed by atoms with Gasteiger partial charge in [-0.05, 0) is 24.3 Å². The molecule has 3 rings (SSSR count). The largest absolute Gasteiger partial charge is 0.451 e. The number of hydrogen-bond acceptors (Lipinski definition) is 7. The number of ether oxygens (including phenoxy) is 1. The van der Waals surface area contributed by atoms with Crippen LogP contribution >= 0.6 is 23.1 Å². The van der Waals surface area contributed by atoms with E-state index in [1.54, 1.807) is 23.2 Å². The topological polar surface area (TPSA) is 80.3 Å². The lowest BCUT2D eigenvalue weighted by Gasteiger charge is -2.11. The Morgan fingerprint density at radius 1 is 1.14 bits per heavy atom. The number of hydrogen-bond donors (Lipinski definition) is 2. The normalized spacial score (nSPS) is 10.2. The number of carbonyl (C=O) groups is 2. The van der Waals surface area contributed by atoms with E-state index in [9.17, 15) is 9.59 Å². The van der Waals surface area contributed by atoms with Crippen LogP contribution in [0.5, 0.6) is 0 Å². The molecule has 2 aromatic carbocycles. The maximum Gasteiger partial charge on any atom is 0.358 e. The number of amides is 1. The van der Waals surface area contributed by atoms with Gasteiger partial charge in [0.2, 0.25) is 0 Å². The molecule has 0 aliphatic carbocycles. The molecule has 3 aromatic rings. The summed E-state index contributed by atoms with van der Waals surface area (Å²) >= 11 is 2.82. The standard InChI is InChI=1S/C21H19N3O3S2/c1-2-12-22-21-24-17(14-28-21)20(26)27-13-19(25)23-16-10-6-7-11-18(16)29-15-8-4-3-5-9-15/h2-11,14H,1,12-13H2,(H,22,24)(H,23,25). The van der Waals surface area contributed by atoms with Gasteiger partial charge in [0, 0.05) is 21.7 Å². The summed E-state index contributed by atoms with van der Waals surface area (Å²) in [7, 11) is 0. The molecule has 0 spiro atoms. The van der Waals surface area contributed by atoms with Gasteiger partial charge in [0.25, 0.3) is 5.91 Å². The fraction of sp³-hybridized carbons (Fsp3) is 0.0952. The van der Waals surface area contributed by atoms with E-state index in [2.05, 4.69) is 22.2 Å². The van der Waals surface area contributed by atoms with Crippen LogP contribution in [0.4, 0.5) is 10.8 Å². The Balaban J connectivity index is 1.55. The maximum absolute atomic E-state index is 12.3. The lowest BCUT2D eigenvalue weighted by Crippen LogP contribution is -2.21. The smallest absolute Gasteiger partial charge is 0.358 e. The molecule has 0 aliphatic heterocycles. The summed E-state index contributed by atoms with van der Waals surface area (Å²) in [6, 6.07) is 17.3. The Bertz CT molecular complexity index is 990. The molecule has 0 aliphatic rings. The molecule has 0 bridgehead atoms. The van der Waals surface area contributed by atoms with E-state index in [1.807, 2.05) is 54.6 Å². The number of esters is 1. The molecule has 0 saturated heterocycles. The van der Waals surface area contributed by atoms with Crippen LogP contribution in [-0.4, -0.2) is 30.0 Å². The first kappa shape index (κ1) is 20.6. The average Bonchev–Trinajstić information content (AvgIpc) is 3.22. The minimum Gasteiger partial charge on any atom is -0.451 e. The lowest BCUT2D eigenvalue weighted by atomic mass is 10.3. The van der Waals surface area contributed by atoms with E-state index in [-0.39, 0.29) is 5.69 Å². The number of nitrogens with one attached hydrogen (secondary N) is 2. The van der Waals surface area contributed by atoms with Crippen molar-refractivity contribution in [1.82, 2.24) is 4.98 Å². The van der Waals surface area contributed by atoms with Gasteiger partial charge in [0.05, 0.1) is 5.69 Å². The molecule has 0 unspecified atom stereocenters. The van der Waals surface area contributed by atoms with E-state index in [1.165, 1.54) is 11.3 Å². The predicted molar refractivity (Wildman–Crippen MR) is 117 cm³/mol. The number of carbonyl (C=O) groups excluding carboxylic acids is 2. The zero-order chi connectivity index (χ0) is 20.5. The summed E-state index contributed by atoms with van der Waals surface area (Å²) in [5.74, 6) is -1.06. The van der Waals surface area contributed by atoms with Crippen molar-refractivity contribution in [2.75, 3.05) is 23.8 Å². The van der Waals surface area contributed by atoms with Crippen LogP contribution in [0.25, 0.3) is 0 Å². The minimum atomic E-state index is -0.644.